The highest BCUT2D eigenvalue weighted by Crippen LogP contribution is 2.20. The molecule has 1 aromatic heterocycles. The van der Waals surface area contributed by atoms with Gasteiger partial charge in [-0.15, -0.1) is 0 Å². The van der Waals surface area contributed by atoms with E-state index in [1.54, 1.807) is 0 Å². The molecule has 0 amide bonds. The third kappa shape index (κ3) is 4.84. The van der Waals surface area contributed by atoms with Crippen molar-refractivity contribution in [3.8, 4) is 0 Å². The Labute approximate surface area is 138 Å². The minimum atomic E-state index is 0.631. The van der Waals surface area contributed by atoms with E-state index in [9.17, 15) is 0 Å². The average Bonchev–Trinajstić information content (AvgIpc) is 2.54. The number of hydrogen-bond acceptors (Lipinski definition) is 5. The summed E-state index contributed by atoms with van der Waals surface area (Å²) in [6.45, 7) is 8.33. The molecular weight excluding hydrogens is 286 g/mol. The quantitative estimate of drug-likeness (QED) is 0.721. The molecule has 3 N–H and O–H groups in total. The van der Waals surface area contributed by atoms with E-state index in [-0.39, 0.29) is 0 Å². The van der Waals surface area contributed by atoms with Gasteiger partial charge in [-0.3, -0.25) is 0 Å². The van der Waals surface area contributed by atoms with Gasteiger partial charge in [0, 0.05) is 36.2 Å². The number of nitrogens with zero attached hydrogens (tertiary/aromatic N) is 3. The van der Waals surface area contributed by atoms with E-state index in [0.29, 0.717) is 5.95 Å². The standard InChI is InChI=1S/C18H27N5/c1-4-7-10-16-13-17(23(5-2)6-3)22-18(21-16)20-15-11-8-9-14(19)12-15/h8-9,11-13H,4-7,10,19H2,1-3H3,(H,20,21,22). The van der Waals surface area contributed by atoms with Crippen molar-refractivity contribution in [2.75, 3.05) is 29.0 Å². The molecule has 0 saturated carbocycles. The molecule has 5 heteroatoms. The smallest absolute Gasteiger partial charge is 0.229 e. The molecule has 0 aliphatic heterocycles. The Hall–Kier alpha value is -2.30. The van der Waals surface area contributed by atoms with Crippen molar-refractivity contribution < 1.29 is 0 Å². The van der Waals surface area contributed by atoms with Gasteiger partial charge in [-0.25, -0.2) is 4.98 Å². The lowest BCUT2D eigenvalue weighted by molar-refractivity contribution is 0.768. The highest BCUT2D eigenvalue weighted by atomic mass is 15.2. The number of nitrogens with one attached hydrogen (secondary N) is 1. The average molecular weight is 313 g/mol. The maximum atomic E-state index is 5.84. The van der Waals surface area contributed by atoms with Crippen molar-refractivity contribution in [1.82, 2.24) is 9.97 Å². The first-order valence-corrected chi connectivity index (χ1v) is 8.41. The number of nitrogens with two attached hydrogens (primary N) is 1. The minimum absolute atomic E-state index is 0.631. The molecule has 2 rings (SSSR count). The fourth-order valence-corrected chi connectivity index (χ4v) is 2.48. The normalized spacial score (nSPS) is 10.6. The summed E-state index contributed by atoms with van der Waals surface area (Å²) < 4.78 is 0. The molecule has 0 aliphatic carbocycles. The van der Waals surface area contributed by atoms with E-state index < -0.39 is 0 Å². The Kier molecular flexibility index (Phi) is 6.20. The molecule has 0 aliphatic rings. The van der Waals surface area contributed by atoms with E-state index in [1.807, 2.05) is 24.3 Å². The topological polar surface area (TPSA) is 67.1 Å². The molecule has 0 fully saturated rings. The number of unbranched alkanes of at least 4 members (excludes halogenated alkanes) is 1. The summed E-state index contributed by atoms with van der Waals surface area (Å²) in [6, 6.07) is 9.75. The van der Waals surface area contributed by atoms with E-state index in [1.165, 1.54) is 0 Å². The van der Waals surface area contributed by atoms with Crippen LogP contribution in [0, 0.1) is 0 Å². The van der Waals surface area contributed by atoms with Crippen LogP contribution in [0.5, 0.6) is 0 Å². The van der Waals surface area contributed by atoms with Crippen LogP contribution in [-0.2, 0) is 6.42 Å². The monoisotopic (exact) mass is 313 g/mol. The van der Waals surface area contributed by atoms with Crippen LogP contribution in [0.1, 0.15) is 39.3 Å². The summed E-state index contributed by atoms with van der Waals surface area (Å²) in [6.07, 6.45) is 3.26. The number of aryl methyl sites for hydroxylation is 1. The van der Waals surface area contributed by atoms with Crippen LogP contribution in [0.3, 0.4) is 0 Å². The highest BCUT2D eigenvalue weighted by molar-refractivity contribution is 5.60. The van der Waals surface area contributed by atoms with Gasteiger partial charge in [-0.2, -0.15) is 4.98 Å². The number of anilines is 4. The molecule has 1 heterocycles. The Bertz CT molecular complexity index is 623. The summed E-state index contributed by atoms with van der Waals surface area (Å²) in [5.74, 6) is 1.61. The van der Waals surface area contributed by atoms with Crippen molar-refractivity contribution >= 4 is 23.1 Å². The zero-order valence-electron chi connectivity index (χ0n) is 14.3. The number of hydrogen-bond donors (Lipinski definition) is 2. The predicted molar refractivity (Wildman–Crippen MR) is 98.3 cm³/mol. The first-order valence-electron chi connectivity index (χ1n) is 8.41. The lowest BCUT2D eigenvalue weighted by Gasteiger charge is -2.21. The van der Waals surface area contributed by atoms with Gasteiger partial charge in [0.15, 0.2) is 0 Å². The van der Waals surface area contributed by atoms with E-state index in [4.69, 9.17) is 5.73 Å². The molecule has 5 nitrogen and oxygen atoms in total. The first kappa shape index (κ1) is 17.1. The summed E-state index contributed by atoms with van der Waals surface area (Å²) in [5, 5.41) is 3.28. The first-order chi connectivity index (χ1) is 11.2. The second-order valence-corrected chi connectivity index (χ2v) is 5.57. The predicted octanol–water partition coefficient (Wildman–Crippen LogP) is 3.99. The lowest BCUT2D eigenvalue weighted by Crippen LogP contribution is -2.23. The summed E-state index contributed by atoms with van der Waals surface area (Å²) in [7, 11) is 0. The van der Waals surface area contributed by atoms with Crippen LogP contribution >= 0.6 is 0 Å². The zero-order valence-corrected chi connectivity index (χ0v) is 14.3. The van der Waals surface area contributed by atoms with Crippen LogP contribution in [0.4, 0.5) is 23.1 Å². The van der Waals surface area contributed by atoms with Gasteiger partial charge in [0.1, 0.15) is 5.82 Å². The number of benzene rings is 1. The van der Waals surface area contributed by atoms with E-state index >= 15 is 0 Å². The van der Waals surface area contributed by atoms with Gasteiger partial charge in [0.25, 0.3) is 0 Å². The minimum Gasteiger partial charge on any atom is -0.399 e. The van der Waals surface area contributed by atoms with Gasteiger partial charge in [-0.1, -0.05) is 19.4 Å². The van der Waals surface area contributed by atoms with Gasteiger partial charge in [0.05, 0.1) is 0 Å². The molecule has 124 valence electrons. The highest BCUT2D eigenvalue weighted by Gasteiger charge is 2.09. The molecule has 0 unspecified atom stereocenters. The molecule has 2 aromatic rings. The van der Waals surface area contributed by atoms with Crippen LogP contribution in [0.15, 0.2) is 30.3 Å². The second-order valence-electron chi connectivity index (χ2n) is 5.57. The Morgan fingerprint density at radius 2 is 1.87 bits per heavy atom. The maximum absolute atomic E-state index is 5.84. The van der Waals surface area contributed by atoms with Gasteiger partial charge >= 0.3 is 0 Å². The second kappa shape index (κ2) is 8.36. The van der Waals surface area contributed by atoms with Crippen molar-refractivity contribution in [3.63, 3.8) is 0 Å². The fourth-order valence-electron chi connectivity index (χ4n) is 2.48. The molecular formula is C18H27N5. The van der Waals surface area contributed by atoms with Gasteiger partial charge < -0.3 is 16.0 Å². The molecule has 0 saturated heterocycles. The fraction of sp³-hybridized carbons (Fsp3) is 0.444. The molecule has 1 aromatic carbocycles. The third-order valence-corrected chi connectivity index (χ3v) is 3.78. The Morgan fingerprint density at radius 1 is 1.09 bits per heavy atom. The number of nitrogen functional groups attached to an aromatic ring is 1. The Morgan fingerprint density at radius 3 is 2.52 bits per heavy atom. The third-order valence-electron chi connectivity index (χ3n) is 3.78. The van der Waals surface area contributed by atoms with E-state index in [2.05, 4.69) is 47.0 Å². The van der Waals surface area contributed by atoms with Crippen molar-refractivity contribution in [2.45, 2.75) is 40.0 Å². The van der Waals surface area contributed by atoms with Crippen molar-refractivity contribution in [3.05, 3.63) is 36.0 Å². The van der Waals surface area contributed by atoms with Crippen LogP contribution in [0.25, 0.3) is 0 Å². The van der Waals surface area contributed by atoms with Crippen molar-refractivity contribution in [2.24, 2.45) is 0 Å². The van der Waals surface area contributed by atoms with Gasteiger partial charge in [-0.05, 0) is 44.9 Å². The van der Waals surface area contributed by atoms with Gasteiger partial charge in [0.2, 0.25) is 5.95 Å². The van der Waals surface area contributed by atoms with E-state index in [0.717, 1.165) is 55.2 Å². The summed E-state index contributed by atoms with van der Waals surface area (Å²) >= 11 is 0. The largest absolute Gasteiger partial charge is 0.399 e. The van der Waals surface area contributed by atoms with Crippen LogP contribution in [0.2, 0.25) is 0 Å². The molecule has 0 radical (unpaired) electrons. The summed E-state index contributed by atoms with van der Waals surface area (Å²) in [5.41, 5.74) is 8.55. The van der Waals surface area contributed by atoms with Crippen LogP contribution in [-0.4, -0.2) is 23.1 Å². The number of rotatable bonds is 8. The summed E-state index contributed by atoms with van der Waals surface area (Å²) in [4.78, 5) is 11.6. The maximum Gasteiger partial charge on any atom is 0.229 e. The SMILES string of the molecule is CCCCc1cc(N(CC)CC)nc(Nc2cccc(N)c2)n1. The van der Waals surface area contributed by atoms with Crippen LogP contribution < -0.4 is 16.0 Å². The molecule has 0 spiro atoms. The molecule has 0 atom stereocenters. The lowest BCUT2D eigenvalue weighted by atomic mass is 10.2. The number of aromatic nitrogens is 2. The zero-order chi connectivity index (χ0) is 16.7. The van der Waals surface area contributed by atoms with Crippen molar-refractivity contribution in [1.29, 1.82) is 0 Å². The Balaban J connectivity index is 2.30. The molecule has 0 bridgehead atoms. The molecule has 23 heavy (non-hydrogen) atoms.